The van der Waals surface area contributed by atoms with Gasteiger partial charge in [-0.15, -0.1) is 0 Å². The molecule has 0 amide bonds. The summed E-state index contributed by atoms with van der Waals surface area (Å²) in [6.45, 7) is 0. The van der Waals surface area contributed by atoms with Gasteiger partial charge in [0.05, 0.1) is 10.3 Å². The third-order valence-corrected chi connectivity index (χ3v) is 4.61. The van der Waals surface area contributed by atoms with Gasteiger partial charge in [0.1, 0.15) is 5.75 Å². The number of phenols is 1. The Morgan fingerprint density at radius 1 is 1.50 bits per heavy atom. The van der Waals surface area contributed by atoms with Crippen molar-refractivity contribution in [3.63, 3.8) is 0 Å². The van der Waals surface area contributed by atoms with Crippen molar-refractivity contribution >= 4 is 22.4 Å². The standard InChI is InChI=1S/C10H11ClO2S/c11-8-6-7(3-4-9(8)12)10-2-1-5-14(10)13/h3-4,6,10,12H,1-2,5H2. The van der Waals surface area contributed by atoms with Gasteiger partial charge in [-0.1, -0.05) is 17.7 Å². The lowest BCUT2D eigenvalue weighted by Crippen LogP contribution is -1.99. The lowest BCUT2D eigenvalue weighted by molar-refractivity contribution is 0.475. The van der Waals surface area contributed by atoms with Gasteiger partial charge in [-0.05, 0) is 30.5 Å². The number of halogens is 1. The van der Waals surface area contributed by atoms with Crippen LogP contribution in [0, 0.1) is 0 Å². The van der Waals surface area contributed by atoms with Crippen molar-refractivity contribution in [2.45, 2.75) is 18.1 Å². The highest BCUT2D eigenvalue weighted by atomic mass is 35.5. The lowest BCUT2D eigenvalue weighted by Gasteiger charge is -2.09. The zero-order chi connectivity index (χ0) is 10.1. The Morgan fingerprint density at radius 2 is 2.29 bits per heavy atom. The fourth-order valence-electron chi connectivity index (χ4n) is 1.73. The topological polar surface area (TPSA) is 37.3 Å². The van der Waals surface area contributed by atoms with E-state index in [-0.39, 0.29) is 11.0 Å². The van der Waals surface area contributed by atoms with Crippen molar-refractivity contribution in [1.29, 1.82) is 0 Å². The average Bonchev–Trinajstić information content (AvgIpc) is 2.57. The van der Waals surface area contributed by atoms with E-state index in [0.717, 1.165) is 24.2 Å². The SMILES string of the molecule is O=S1CCCC1c1ccc(O)c(Cl)c1. The molecule has 14 heavy (non-hydrogen) atoms. The van der Waals surface area contributed by atoms with E-state index >= 15 is 0 Å². The molecule has 1 saturated heterocycles. The van der Waals surface area contributed by atoms with Gasteiger partial charge < -0.3 is 5.11 Å². The number of phenolic OH excluding ortho intramolecular Hbond substituents is 1. The number of aromatic hydroxyl groups is 1. The molecule has 76 valence electrons. The van der Waals surface area contributed by atoms with E-state index < -0.39 is 10.8 Å². The molecular formula is C10H11ClO2S. The second-order valence-corrected chi connectivity index (χ2v) is 5.57. The van der Waals surface area contributed by atoms with Crippen molar-refractivity contribution < 1.29 is 9.32 Å². The Bertz CT molecular complexity index is 378. The van der Waals surface area contributed by atoms with E-state index in [4.69, 9.17) is 11.6 Å². The van der Waals surface area contributed by atoms with Crippen LogP contribution in [0.2, 0.25) is 5.02 Å². The number of benzene rings is 1. The van der Waals surface area contributed by atoms with Crippen molar-refractivity contribution in [2.75, 3.05) is 5.75 Å². The summed E-state index contributed by atoms with van der Waals surface area (Å²) in [5.74, 6) is 0.864. The molecule has 2 atom stereocenters. The highest BCUT2D eigenvalue weighted by Gasteiger charge is 2.24. The molecular weight excluding hydrogens is 220 g/mol. The molecule has 0 aromatic heterocycles. The first-order valence-corrected chi connectivity index (χ1v) is 6.30. The third kappa shape index (κ3) is 1.79. The molecule has 1 aromatic rings. The molecule has 0 saturated carbocycles. The maximum atomic E-state index is 11.6. The van der Waals surface area contributed by atoms with E-state index in [0.29, 0.717) is 5.02 Å². The first-order chi connectivity index (χ1) is 6.68. The van der Waals surface area contributed by atoms with Crippen molar-refractivity contribution in [1.82, 2.24) is 0 Å². The second-order valence-electron chi connectivity index (χ2n) is 3.43. The van der Waals surface area contributed by atoms with Gasteiger partial charge in [-0.25, -0.2) is 0 Å². The summed E-state index contributed by atoms with van der Waals surface area (Å²) in [6.07, 6.45) is 1.96. The van der Waals surface area contributed by atoms with E-state index in [9.17, 15) is 9.32 Å². The summed E-state index contributed by atoms with van der Waals surface area (Å²) in [4.78, 5) is 0. The predicted octanol–water partition coefficient (Wildman–Crippen LogP) is 2.63. The van der Waals surface area contributed by atoms with E-state index in [1.54, 1.807) is 18.2 Å². The van der Waals surface area contributed by atoms with Crippen LogP contribution in [0.5, 0.6) is 5.75 Å². The molecule has 0 spiro atoms. The largest absolute Gasteiger partial charge is 0.506 e. The number of rotatable bonds is 1. The maximum absolute atomic E-state index is 11.6. The third-order valence-electron chi connectivity index (χ3n) is 2.47. The summed E-state index contributed by atoms with van der Waals surface area (Å²) in [5.41, 5.74) is 0.976. The fraction of sp³-hybridized carbons (Fsp3) is 0.400. The molecule has 2 unspecified atom stereocenters. The van der Waals surface area contributed by atoms with E-state index in [2.05, 4.69) is 0 Å². The predicted molar refractivity (Wildman–Crippen MR) is 58.1 cm³/mol. The molecule has 1 aliphatic rings. The normalized spacial score (nSPS) is 26.6. The molecule has 1 N–H and O–H groups in total. The first-order valence-electron chi connectivity index (χ1n) is 4.54. The van der Waals surface area contributed by atoms with Crippen LogP contribution in [-0.2, 0) is 10.8 Å². The van der Waals surface area contributed by atoms with Crippen LogP contribution < -0.4 is 0 Å². The van der Waals surface area contributed by atoms with Crippen LogP contribution in [0.25, 0.3) is 0 Å². The molecule has 2 rings (SSSR count). The minimum atomic E-state index is -0.767. The van der Waals surface area contributed by atoms with Crippen LogP contribution in [-0.4, -0.2) is 15.1 Å². The highest BCUT2D eigenvalue weighted by Crippen LogP contribution is 2.35. The van der Waals surface area contributed by atoms with Crippen molar-refractivity contribution in [3.05, 3.63) is 28.8 Å². The Morgan fingerprint density at radius 3 is 2.86 bits per heavy atom. The number of hydrogen-bond donors (Lipinski definition) is 1. The molecule has 1 heterocycles. The smallest absolute Gasteiger partial charge is 0.134 e. The molecule has 0 bridgehead atoms. The van der Waals surface area contributed by atoms with Gasteiger partial charge >= 0.3 is 0 Å². The highest BCUT2D eigenvalue weighted by molar-refractivity contribution is 7.85. The monoisotopic (exact) mass is 230 g/mol. The first kappa shape index (κ1) is 9.99. The van der Waals surface area contributed by atoms with Crippen LogP contribution in [0.15, 0.2) is 18.2 Å². The van der Waals surface area contributed by atoms with Gasteiger partial charge in [0.15, 0.2) is 0 Å². The molecule has 1 aliphatic heterocycles. The zero-order valence-electron chi connectivity index (χ0n) is 7.57. The van der Waals surface area contributed by atoms with Crippen molar-refractivity contribution in [2.24, 2.45) is 0 Å². The summed E-state index contributed by atoms with van der Waals surface area (Å²) in [6, 6.07) is 5.08. The Hall–Kier alpha value is -0.540. The van der Waals surface area contributed by atoms with E-state index in [1.165, 1.54) is 0 Å². The van der Waals surface area contributed by atoms with Gasteiger partial charge in [0.25, 0.3) is 0 Å². The van der Waals surface area contributed by atoms with Gasteiger partial charge in [-0.2, -0.15) is 0 Å². The molecule has 0 aliphatic carbocycles. The Kier molecular flexibility index (Phi) is 2.79. The molecule has 2 nitrogen and oxygen atoms in total. The molecule has 1 fully saturated rings. The van der Waals surface area contributed by atoms with Crippen LogP contribution in [0.4, 0.5) is 0 Å². The van der Waals surface area contributed by atoms with Crippen molar-refractivity contribution in [3.8, 4) is 5.75 Å². The lowest BCUT2D eigenvalue weighted by atomic mass is 10.1. The van der Waals surface area contributed by atoms with Gasteiger partial charge in [-0.3, -0.25) is 4.21 Å². The Balaban J connectivity index is 2.32. The maximum Gasteiger partial charge on any atom is 0.134 e. The van der Waals surface area contributed by atoms with Gasteiger partial charge in [0, 0.05) is 16.6 Å². The quantitative estimate of drug-likeness (QED) is 0.806. The van der Waals surface area contributed by atoms with Crippen LogP contribution >= 0.6 is 11.6 Å². The summed E-state index contributed by atoms with van der Waals surface area (Å²) < 4.78 is 11.6. The number of hydrogen-bond acceptors (Lipinski definition) is 2. The van der Waals surface area contributed by atoms with Crippen LogP contribution in [0.1, 0.15) is 23.7 Å². The summed E-state index contributed by atoms with van der Waals surface area (Å²) in [5, 5.41) is 9.69. The average molecular weight is 231 g/mol. The summed E-state index contributed by atoms with van der Waals surface area (Å²) in [7, 11) is -0.767. The van der Waals surface area contributed by atoms with Crippen LogP contribution in [0.3, 0.4) is 0 Å². The van der Waals surface area contributed by atoms with E-state index in [1.807, 2.05) is 0 Å². The zero-order valence-corrected chi connectivity index (χ0v) is 9.14. The molecule has 4 heteroatoms. The fourth-order valence-corrected chi connectivity index (χ4v) is 3.53. The molecule has 0 radical (unpaired) electrons. The molecule has 1 aromatic carbocycles. The minimum Gasteiger partial charge on any atom is -0.506 e. The second kappa shape index (κ2) is 3.91. The Labute approximate surface area is 90.4 Å². The minimum absolute atomic E-state index is 0.0826. The summed E-state index contributed by atoms with van der Waals surface area (Å²) >= 11 is 5.79. The van der Waals surface area contributed by atoms with Gasteiger partial charge in [0.2, 0.25) is 0 Å².